The van der Waals surface area contributed by atoms with Crippen molar-refractivity contribution in [2.75, 3.05) is 46.6 Å². The maximum absolute atomic E-state index is 13.4. The summed E-state index contributed by atoms with van der Waals surface area (Å²) in [7, 11) is 1.61. The van der Waals surface area contributed by atoms with Crippen molar-refractivity contribution in [2.24, 2.45) is 5.92 Å². The van der Waals surface area contributed by atoms with E-state index >= 15 is 0 Å². The minimum absolute atomic E-state index is 0.0214. The first-order valence-electron chi connectivity index (χ1n) is 21.9. The number of aryl methyl sites for hydroxylation is 1. The van der Waals surface area contributed by atoms with Crippen LogP contribution in [0.5, 0.6) is 23.0 Å². The number of ether oxygens (including phenoxy) is 7. The van der Waals surface area contributed by atoms with E-state index in [2.05, 4.69) is 70.4 Å². The van der Waals surface area contributed by atoms with Crippen molar-refractivity contribution in [3.63, 3.8) is 0 Å². The molecule has 16 nitrogen and oxygen atoms in total. The Labute approximate surface area is 419 Å². The van der Waals surface area contributed by atoms with Crippen LogP contribution in [0.2, 0.25) is 0 Å². The van der Waals surface area contributed by atoms with Gasteiger partial charge in [-0.2, -0.15) is 0 Å². The predicted molar refractivity (Wildman–Crippen MR) is 271 cm³/mol. The number of esters is 3. The van der Waals surface area contributed by atoms with E-state index in [9.17, 15) is 28.8 Å². The second-order valence-electron chi connectivity index (χ2n) is 15.9. The van der Waals surface area contributed by atoms with Crippen LogP contribution in [-0.4, -0.2) is 82.8 Å². The highest BCUT2D eigenvalue weighted by molar-refractivity contribution is 14.1. The van der Waals surface area contributed by atoms with Crippen LogP contribution in [0.4, 0.5) is 14.4 Å². The Balaban J connectivity index is 1.46. The number of rotatable bonds is 21. The van der Waals surface area contributed by atoms with Crippen molar-refractivity contribution in [2.45, 2.75) is 33.6 Å². The Morgan fingerprint density at radius 2 is 1.06 bits per heavy atom. The summed E-state index contributed by atoms with van der Waals surface area (Å²) < 4.78 is 39.1. The van der Waals surface area contributed by atoms with Gasteiger partial charge in [-0.3, -0.25) is 0 Å². The van der Waals surface area contributed by atoms with Gasteiger partial charge in [0.25, 0.3) is 0 Å². The summed E-state index contributed by atoms with van der Waals surface area (Å²) >= 11 is 2.26. The molecule has 0 saturated heterocycles. The Kier molecular flexibility index (Phi) is 19.5. The molecule has 5 rings (SSSR count). The maximum atomic E-state index is 13.4. The fourth-order valence-electron chi connectivity index (χ4n) is 6.96. The summed E-state index contributed by atoms with van der Waals surface area (Å²) in [6.45, 7) is 17.0. The molecule has 0 heterocycles. The van der Waals surface area contributed by atoms with Crippen LogP contribution < -0.4 is 34.9 Å². The molecule has 0 aromatic heterocycles. The number of nitrogens with one attached hydrogen (secondary N) is 3. The van der Waals surface area contributed by atoms with Crippen LogP contribution in [0, 0.1) is 16.4 Å². The summed E-state index contributed by atoms with van der Waals surface area (Å²) in [5, 5.41) is 7.73. The summed E-state index contributed by atoms with van der Waals surface area (Å²) in [6, 6.07) is 23.3. The largest absolute Gasteiger partial charge is 0.496 e. The molecule has 0 saturated carbocycles. The van der Waals surface area contributed by atoms with Crippen molar-refractivity contribution in [3.05, 3.63) is 159 Å². The molecule has 3 N–H and O–H groups in total. The van der Waals surface area contributed by atoms with Crippen molar-refractivity contribution >= 4 is 64.4 Å². The highest BCUT2D eigenvalue weighted by Crippen LogP contribution is 2.47. The quantitative estimate of drug-likeness (QED) is 0.0234. The number of methoxy groups -OCH3 is 1. The van der Waals surface area contributed by atoms with Crippen molar-refractivity contribution in [1.82, 2.24) is 16.0 Å². The molecule has 70 heavy (non-hydrogen) atoms. The predicted octanol–water partition coefficient (Wildman–Crippen LogP) is 9.30. The van der Waals surface area contributed by atoms with E-state index in [0.29, 0.717) is 17.1 Å². The highest BCUT2D eigenvalue weighted by atomic mass is 127. The monoisotopic (exact) mass is 1070 g/mol. The van der Waals surface area contributed by atoms with Gasteiger partial charge in [-0.25, -0.2) is 28.8 Å². The molecule has 0 spiro atoms. The lowest BCUT2D eigenvalue weighted by atomic mass is 9.79. The van der Waals surface area contributed by atoms with E-state index < -0.39 is 42.1 Å². The lowest BCUT2D eigenvalue weighted by Crippen LogP contribution is -2.31. The van der Waals surface area contributed by atoms with Crippen molar-refractivity contribution in [1.29, 1.82) is 0 Å². The van der Waals surface area contributed by atoms with Gasteiger partial charge in [0, 0.05) is 43.3 Å². The Hall–Kier alpha value is -7.67. The molecule has 4 aromatic rings. The van der Waals surface area contributed by atoms with Crippen LogP contribution in [0.15, 0.2) is 134 Å². The normalized spacial score (nSPS) is 12.8. The molecule has 0 radical (unpaired) electrons. The number of hydrogen-bond acceptors (Lipinski definition) is 13. The Bertz CT molecular complexity index is 2710. The summed E-state index contributed by atoms with van der Waals surface area (Å²) in [4.78, 5) is 73.6. The average Bonchev–Trinajstić information content (AvgIpc) is 3.81. The minimum atomic E-state index is -0.779. The van der Waals surface area contributed by atoms with Crippen LogP contribution in [0.1, 0.15) is 48.9 Å². The highest BCUT2D eigenvalue weighted by Gasteiger charge is 2.32. The number of benzene rings is 4. The smallest absolute Gasteiger partial charge is 0.412 e. The molecule has 1 aliphatic rings. The first-order valence-corrected chi connectivity index (χ1v) is 23.0. The molecule has 17 heteroatoms. The topological polar surface area (TPSA) is 203 Å². The second-order valence-corrected chi connectivity index (χ2v) is 17.1. The van der Waals surface area contributed by atoms with Crippen molar-refractivity contribution < 1.29 is 61.9 Å². The number of amides is 3. The molecule has 366 valence electrons. The standard InChI is InChI=1S/C53H54IN3O13/c1-31(2)48(58)65-24-21-55-51(61)68-41-16-11-35(12-17-41)37-9-10-39(28-37)46(44-30-40(54)27-34(7)47(44)64-8)43-29-38(15-20-45(43)70-53(63)57-23-26-67-50(60)33(5)6)36-13-18-42(19-14-36)69-52(62)56-22-25-66-49(59)32(3)4/h9-20,27-30,39,46H,1,3,5,21-26H2,2,4,6-8H3,(H,55,61)(H,56,62)(H,57,63). The third-order valence-corrected chi connectivity index (χ3v) is 10.9. The van der Waals surface area contributed by atoms with Gasteiger partial charge >= 0.3 is 36.2 Å². The minimum Gasteiger partial charge on any atom is -0.496 e. The van der Waals surface area contributed by atoms with Crippen LogP contribution in [-0.2, 0) is 28.6 Å². The summed E-state index contributed by atoms with van der Waals surface area (Å²) in [5.74, 6) is -1.10. The zero-order chi connectivity index (χ0) is 50.9. The molecular formula is C53H54IN3O13. The molecule has 4 aromatic carbocycles. The number of allylic oxidation sites excluding steroid dienone is 4. The first-order chi connectivity index (χ1) is 33.4. The van der Waals surface area contributed by atoms with E-state index in [4.69, 9.17) is 33.2 Å². The SMILES string of the molecule is C=C(C)C(=O)OCCNC(=O)Oc1ccc(C2=CC(C(c3cc(-c4ccc(OC(=O)NCCOC(=O)C(=C)C)cc4)ccc3OC(=O)NCCOC(=O)C(=C)C)c3cc(I)cc(C)c3OC)C=C2)cc1. The molecule has 1 aliphatic carbocycles. The van der Waals surface area contributed by atoms with Crippen molar-refractivity contribution in [3.8, 4) is 34.1 Å². The van der Waals surface area contributed by atoms with E-state index in [1.165, 1.54) is 20.8 Å². The molecule has 3 amide bonds. The zero-order valence-corrected chi connectivity index (χ0v) is 41.6. The van der Waals surface area contributed by atoms with E-state index in [0.717, 1.165) is 37.0 Å². The first kappa shape index (κ1) is 53.3. The molecule has 0 aliphatic heterocycles. The van der Waals surface area contributed by atoms with E-state index in [-0.39, 0.29) is 73.6 Å². The van der Waals surface area contributed by atoms with Gasteiger partial charge in [0.1, 0.15) is 42.8 Å². The summed E-state index contributed by atoms with van der Waals surface area (Å²) in [5.41, 5.74) is 6.27. The van der Waals surface area contributed by atoms with E-state index in [1.807, 2.05) is 43.3 Å². The molecular weight excluding hydrogens is 1010 g/mol. The van der Waals surface area contributed by atoms with Gasteiger partial charge < -0.3 is 49.1 Å². The number of carbonyl (C=O) groups excluding carboxylic acids is 6. The van der Waals surface area contributed by atoms with Gasteiger partial charge in [-0.05, 0) is 127 Å². The van der Waals surface area contributed by atoms with Gasteiger partial charge in [-0.1, -0.05) is 68.3 Å². The third-order valence-electron chi connectivity index (χ3n) is 10.3. The second kappa shape index (κ2) is 25.6. The van der Waals surface area contributed by atoms with Gasteiger partial charge in [0.05, 0.1) is 26.7 Å². The third kappa shape index (κ3) is 15.4. The number of hydrogen-bond donors (Lipinski definition) is 3. The maximum Gasteiger partial charge on any atom is 0.412 e. The number of carbonyl (C=O) groups is 6. The Morgan fingerprint density at radius 1 is 0.600 bits per heavy atom. The zero-order valence-electron chi connectivity index (χ0n) is 39.4. The van der Waals surface area contributed by atoms with E-state index in [1.54, 1.807) is 55.6 Å². The average molecular weight is 1070 g/mol. The van der Waals surface area contributed by atoms with Gasteiger partial charge in [0.2, 0.25) is 0 Å². The van der Waals surface area contributed by atoms with Crippen LogP contribution in [0.3, 0.4) is 0 Å². The fraction of sp³-hybridized carbons (Fsp3) is 0.245. The Morgan fingerprint density at radius 3 is 1.53 bits per heavy atom. The molecule has 0 bridgehead atoms. The lowest BCUT2D eigenvalue weighted by molar-refractivity contribution is -0.139. The lowest BCUT2D eigenvalue weighted by Gasteiger charge is -2.28. The van der Waals surface area contributed by atoms with Crippen LogP contribution >= 0.6 is 22.6 Å². The molecule has 2 unspecified atom stereocenters. The number of halogens is 1. The molecule has 2 atom stereocenters. The summed E-state index contributed by atoms with van der Waals surface area (Å²) in [6.07, 6.45) is 3.92. The van der Waals surface area contributed by atoms with Gasteiger partial charge in [0.15, 0.2) is 0 Å². The fourth-order valence-corrected chi connectivity index (χ4v) is 7.76. The van der Waals surface area contributed by atoms with Crippen LogP contribution in [0.25, 0.3) is 16.7 Å². The molecule has 0 fully saturated rings. The van der Waals surface area contributed by atoms with Gasteiger partial charge in [-0.15, -0.1) is 0 Å².